The quantitative estimate of drug-likeness (QED) is 0.369. The van der Waals surface area contributed by atoms with E-state index in [0.717, 1.165) is 5.56 Å². The largest absolute Gasteiger partial charge is 0.508 e. The number of ether oxygens (including phenoxy) is 2. The van der Waals surface area contributed by atoms with E-state index in [0.29, 0.717) is 5.56 Å². The summed E-state index contributed by atoms with van der Waals surface area (Å²) in [6.07, 6.45) is -0.685. The smallest absolute Gasteiger partial charge is 0.407 e. The van der Waals surface area contributed by atoms with E-state index in [-0.39, 0.29) is 31.9 Å². The van der Waals surface area contributed by atoms with Crippen LogP contribution in [-0.2, 0) is 36.9 Å². The molecule has 3 amide bonds. The normalized spacial score (nSPS) is 11.1. The summed E-state index contributed by atoms with van der Waals surface area (Å²) in [5.41, 5.74) is 1.46. The zero-order valence-electron chi connectivity index (χ0n) is 18.2. The molecule has 4 N–H and O–H groups in total. The van der Waals surface area contributed by atoms with Gasteiger partial charge in [0.2, 0.25) is 11.8 Å². The first-order valence-corrected chi connectivity index (χ1v) is 10.3. The van der Waals surface area contributed by atoms with E-state index in [1.807, 2.05) is 18.2 Å². The van der Waals surface area contributed by atoms with Crippen LogP contribution in [0.1, 0.15) is 18.1 Å². The first-order chi connectivity index (χ1) is 15.9. The lowest BCUT2D eigenvalue weighted by Gasteiger charge is -2.19. The van der Waals surface area contributed by atoms with E-state index in [9.17, 15) is 24.3 Å². The summed E-state index contributed by atoms with van der Waals surface area (Å²) in [6.45, 7) is 1.11. The van der Waals surface area contributed by atoms with Gasteiger partial charge in [0, 0.05) is 6.42 Å². The molecule has 1 unspecified atom stereocenters. The number of esters is 1. The SMILES string of the molecule is CCOC(=O)CNC(=O)C(Cc1ccc(O)cc1)NC(=O)CNC(=O)OCc1ccccc1. The fourth-order valence-corrected chi connectivity index (χ4v) is 2.74. The Bertz CT molecular complexity index is 933. The molecule has 176 valence electrons. The van der Waals surface area contributed by atoms with Gasteiger partial charge in [-0.2, -0.15) is 0 Å². The second-order valence-electron chi connectivity index (χ2n) is 6.93. The van der Waals surface area contributed by atoms with Crippen molar-refractivity contribution < 1.29 is 33.8 Å². The number of carbonyl (C=O) groups is 4. The maximum atomic E-state index is 12.6. The molecule has 0 heterocycles. The molecule has 1 atom stereocenters. The number of nitrogens with one attached hydrogen (secondary N) is 3. The summed E-state index contributed by atoms with van der Waals surface area (Å²) in [7, 11) is 0. The van der Waals surface area contributed by atoms with Gasteiger partial charge in [0.1, 0.15) is 31.5 Å². The second-order valence-corrected chi connectivity index (χ2v) is 6.93. The van der Waals surface area contributed by atoms with E-state index in [1.165, 1.54) is 12.1 Å². The molecule has 2 rings (SSSR count). The number of amides is 3. The highest BCUT2D eigenvalue weighted by Crippen LogP contribution is 2.11. The number of hydrogen-bond donors (Lipinski definition) is 4. The van der Waals surface area contributed by atoms with Crippen LogP contribution in [0.2, 0.25) is 0 Å². The van der Waals surface area contributed by atoms with Crippen molar-refractivity contribution in [2.45, 2.75) is 26.0 Å². The van der Waals surface area contributed by atoms with Crippen molar-refractivity contribution in [1.29, 1.82) is 0 Å². The third-order valence-electron chi connectivity index (χ3n) is 4.35. The molecule has 0 aliphatic carbocycles. The molecule has 0 radical (unpaired) electrons. The predicted octanol–water partition coefficient (Wildman–Crippen LogP) is 1.03. The summed E-state index contributed by atoms with van der Waals surface area (Å²) in [4.78, 5) is 48.2. The van der Waals surface area contributed by atoms with Gasteiger partial charge in [-0.15, -0.1) is 0 Å². The number of hydrogen-bond acceptors (Lipinski definition) is 7. The van der Waals surface area contributed by atoms with Gasteiger partial charge in [0.25, 0.3) is 0 Å². The summed E-state index contributed by atoms with van der Waals surface area (Å²) in [5.74, 6) is -1.77. The van der Waals surface area contributed by atoms with Crippen LogP contribution in [0.3, 0.4) is 0 Å². The minimum Gasteiger partial charge on any atom is -0.508 e. The second kappa shape index (κ2) is 13.4. The lowest BCUT2D eigenvalue weighted by atomic mass is 10.0. The molecule has 0 saturated heterocycles. The van der Waals surface area contributed by atoms with Gasteiger partial charge in [-0.25, -0.2) is 4.79 Å². The first kappa shape index (κ1) is 25.2. The lowest BCUT2D eigenvalue weighted by molar-refractivity contribution is -0.143. The summed E-state index contributed by atoms with van der Waals surface area (Å²) in [6, 6.07) is 14.1. The molecule has 0 aromatic heterocycles. The number of phenolic OH excluding ortho intramolecular Hbond substituents is 1. The Morgan fingerprint density at radius 1 is 0.879 bits per heavy atom. The molecule has 2 aromatic rings. The Morgan fingerprint density at radius 2 is 1.58 bits per heavy atom. The van der Waals surface area contributed by atoms with E-state index in [1.54, 1.807) is 31.2 Å². The topological polar surface area (TPSA) is 143 Å². The van der Waals surface area contributed by atoms with Gasteiger partial charge in [0.05, 0.1) is 6.61 Å². The molecule has 0 bridgehead atoms. The van der Waals surface area contributed by atoms with Crippen LogP contribution in [0.5, 0.6) is 5.75 Å². The van der Waals surface area contributed by atoms with Crippen molar-refractivity contribution in [3.63, 3.8) is 0 Å². The Hall–Kier alpha value is -4.08. The average molecular weight is 457 g/mol. The van der Waals surface area contributed by atoms with Gasteiger partial charge in [-0.3, -0.25) is 14.4 Å². The number of alkyl carbamates (subject to hydrolysis) is 1. The molecule has 33 heavy (non-hydrogen) atoms. The predicted molar refractivity (Wildman–Crippen MR) is 118 cm³/mol. The number of phenols is 1. The Balaban J connectivity index is 1.89. The number of aromatic hydroxyl groups is 1. The maximum Gasteiger partial charge on any atom is 0.407 e. The molecular weight excluding hydrogens is 430 g/mol. The van der Waals surface area contributed by atoms with Crippen LogP contribution in [0.25, 0.3) is 0 Å². The van der Waals surface area contributed by atoms with Crippen molar-refractivity contribution >= 4 is 23.9 Å². The van der Waals surface area contributed by atoms with Gasteiger partial charge in [-0.1, -0.05) is 42.5 Å². The highest BCUT2D eigenvalue weighted by atomic mass is 16.5. The van der Waals surface area contributed by atoms with E-state index in [2.05, 4.69) is 16.0 Å². The Labute approximate surface area is 191 Å². The fraction of sp³-hybridized carbons (Fsp3) is 0.304. The molecular formula is C23H27N3O7. The molecule has 0 aliphatic heterocycles. The van der Waals surface area contributed by atoms with Crippen molar-refractivity contribution in [2.75, 3.05) is 19.7 Å². The summed E-state index contributed by atoms with van der Waals surface area (Å²) < 4.78 is 9.82. The van der Waals surface area contributed by atoms with Crippen molar-refractivity contribution in [1.82, 2.24) is 16.0 Å². The van der Waals surface area contributed by atoms with E-state index < -0.39 is 36.5 Å². The highest BCUT2D eigenvalue weighted by molar-refractivity contribution is 5.91. The van der Waals surface area contributed by atoms with Gasteiger partial charge < -0.3 is 30.5 Å². The molecule has 0 fully saturated rings. The molecule has 10 nitrogen and oxygen atoms in total. The van der Waals surface area contributed by atoms with Crippen LogP contribution in [-0.4, -0.2) is 54.7 Å². The summed E-state index contributed by atoms with van der Waals surface area (Å²) in [5, 5.41) is 16.7. The van der Waals surface area contributed by atoms with E-state index >= 15 is 0 Å². The van der Waals surface area contributed by atoms with Crippen LogP contribution >= 0.6 is 0 Å². The number of carbonyl (C=O) groups excluding carboxylic acids is 4. The fourth-order valence-electron chi connectivity index (χ4n) is 2.74. The van der Waals surface area contributed by atoms with Crippen molar-refractivity contribution in [3.8, 4) is 5.75 Å². The van der Waals surface area contributed by atoms with Crippen molar-refractivity contribution in [3.05, 3.63) is 65.7 Å². The van der Waals surface area contributed by atoms with Crippen LogP contribution in [0.15, 0.2) is 54.6 Å². The van der Waals surface area contributed by atoms with E-state index in [4.69, 9.17) is 9.47 Å². The summed E-state index contributed by atoms with van der Waals surface area (Å²) >= 11 is 0. The minimum atomic E-state index is -1.03. The van der Waals surface area contributed by atoms with Crippen LogP contribution < -0.4 is 16.0 Å². The molecule has 2 aromatic carbocycles. The Morgan fingerprint density at radius 3 is 2.24 bits per heavy atom. The van der Waals surface area contributed by atoms with Crippen LogP contribution in [0.4, 0.5) is 4.79 Å². The zero-order valence-corrected chi connectivity index (χ0v) is 18.2. The third-order valence-corrected chi connectivity index (χ3v) is 4.35. The zero-order chi connectivity index (χ0) is 24.1. The lowest BCUT2D eigenvalue weighted by Crippen LogP contribution is -2.51. The van der Waals surface area contributed by atoms with Crippen molar-refractivity contribution in [2.24, 2.45) is 0 Å². The van der Waals surface area contributed by atoms with Crippen LogP contribution in [0, 0.1) is 0 Å². The Kier molecular flexibility index (Phi) is 10.2. The monoisotopic (exact) mass is 457 g/mol. The molecule has 0 spiro atoms. The standard InChI is InChI=1S/C23H27N3O7/c1-2-32-21(29)14-24-22(30)19(12-16-8-10-18(27)11-9-16)26-20(28)13-25-23(31)33-15-17-6-4-3-5-7-17/h3-11,19,27H,2,12-15H2,1H3,(H,24,30)(H,25,31)(H,26,28). The van der Waals surface area contributed by atoms with Gasteiger partial charge in [-0.05, 0) is 30.2 Å². The average Bonchev–Trinajstić information content (AvgIpc) is 2.81. The van der Waals surface area contributed by atoms with Gasteiger partial charge in [0.15, 0.2) is 0 Å². The number of benzene rings is 2. The first-order valence-electron chi connectivity index (χ1n) is 10.3. The van der Waals surface area contributed by atoms with Gasteiger partial charge >= 0.3 is 12.1 Å². The highest BCUT2D eigenvalue weighted by Gasteiger charge is 2.22. The molecule has 0 saturated carbocycles. The maximum absolute atomic E-state index is 12.6. The molecule has 10 heteroatoms. The third kappa shape index (κ3) is 9.72. The minimum absolute atomic E-state index is 0.0496. The number of rotatable bonds is 11. The molecule has 0 aliphatic rings.